The number of imide groups is 2. The summed E-state index contributed by atoms with van der Waals surface area (Å²) >= 11 is 0. The molecular formula is C12H17N3O6. The van der Waals surface area contributed by atoms with E-state index in [1.165, 1.54) is 7.05 Å². The van der Waals surface area contributed by atoms with Crippen LogP contribution in [0.1, 0.15) is 26.2 Å². The van der Waals surface area contributed by atoms with Gasteiger partial charge in [-0.3, -0.25) is 29.4 Å². The molecule has 3 N–H and O–H groups in total. The number of hydrogen-bond acceptors (Lipinski definition) is 5. The van der Waals surface area contributed by atoms with Crippen LogP contribution in [0, 0.1) is 5.92 Å². The van der Waals surface area contributed by atoms with E-state index in [1.807, 2.05) is 5.32 Å². The van der Waals surface area contributed by atoms with Gasteiger partial charge in [0.05, 0.1) is 6.42 Å². The predicted octanol–water partition coefficient (Wildman–Crippen LogP) is -0.930. The molecule has 1 rings (SSSR count). The summed E-state index contributed by atoms with van der Waals surface area (Å²) < 4.78 is 0. The Morgan fingerprint density at radius 2 is 1.95 bits per heavy atom. The Bertz CT molecular complexity index is 489. The number of hydrogen-bond donors (Lipinski definition) is 3. The molecule has 0 aromatic carbocycles. The van der Waals surface area contributed by atoms with Crippen molar-refractivity contribution in [2.75, 3.05) is 7.05 Å². The highest BCUT2D eigenvalue weighted by atomic mass is 16.4. The SMILES string of the molecule is CC(CC(=O)O)CC(=O)NC(=O)NC1CC(=O)N(C)C1=O. The fourth-order valence-corrected chi connectivity index (χ4v) is 1.93. The fourth-order valence-electron chi connectivity index (χ4n) is 1.93. The zero-order valence-corrected chi connectivity index (χ0v) is 11.7. The first kappa shape index (κ1) is 16.6. The van der Waals surface area contributed by atoms with Gasteiger partial charge in [0.1, 0.15) is 6.04 Å². The number of carbonyl (C=O) groups is 5. The number of nitrogens with zero attached hydrogens (tertiary/aromatic N) is 1. The molecule has 0 aromatic rings. The van der Waals surface area contributed by atoms with Crippen LogP contribution < -0.4 is 10.6 Å². The van der Waals surface area contributed by atoms with Crippen molar-refractivity contribution in [1.82, 2.24) is 15.5 Å². The second-order valence-electron chi connectivity index (χ2n) is 4.98. The number of urea groups is 1. The van der Waals surface area contributed by atoms with Crippen LogP contribution in [0.2, 0.25) is 0 Å². The topological polar surface area (TPSA) is 133 Å². The summed E-state index contributed by atoms with van der Waals surface area (Å²) in [5.74, 6) is -3.05. The lowest BCUT2D eigenvalue weighted by Crippen LogP contribution is -2.47. The van der Waals surface area contributed by atoms with Crippen molar-refractivity contribution in [1.29, 1.82) is 0 Å². The third-order valence-electron chi connectivity index (χ3n) is 3.00. The summed E-state index contributed by atoms with van der Waals surface area (Å²) in [6, 6.07) is -1.87. The van der Waals surface area contributed by atoms with Gasteiger partial charge in [0.25, 0.3) is 5.91 Å². The van der Waals surface area contributed by atoms with Crippen molar-refractivity contribution in [3.8, 4) is 0 Å². The van der Waals surface area contributed by atoms with Crippen LogP contribution in [0.15, 0.2) is 0 Å². The minimum Gasteiger partial charge on any atom is -0.481 e. The minimum absolute atomic E-state index is 0.128. The van der Waals surface area contributed by atoms with Gasteiger partial charge in [0.15, 0.2) is 0 Å². The highest BCUT2D eigenvalue weighted by Crippen LogP contribution is 2.10. The largest absolute Gasteiger partial charge is 0.481 e. The van der Waals surface area contributed by atoms with E-state index in [-0.39, 0.29) is 19.3 Å². The molecule has 1 heterocycles. The normalized spacial score (nSPS) is 19.3. The number of aliphatic carboxylic acids is 1. The van der Waals surface area contributed by atoms with Crippen LogP contribution in [-0.4, -0.2) is 52.8 Å². The van der Waals surface area contributed by atoms with E-state index in [1.54, 1.807) is 6.92 Å². The maximum Gasteiger partial charge on any atom is 0.322 e. The molecule has 0 saturated carbocycles. The third kappa shape index (κ3) is 4.86. The van der Waals surface area contributed by atoms with Gasteiger partial charge >= 0.3 is 12.0 Å². The summed E-state index contributed by atoms with van der Waals surface area (Å²) in [7, 11) is 1.31. The first-order valence-corrected chi connectivity index (χ1v) is 6.33. The van der Waals surface area contributed by atoms with Gasteiger partial charge in [0.2, 0.25) is 11.8 Å². The van der Waals surface area contributed by atoms with Crippen LogP contribution in [0.3, 0.4) is 0 Å². The lowest BCUT2D eigenvalue weighted by atomic mass is 10.0. The summed E-state index contributed by atoms with van der Waals surface area (Å²) in [5, 5.41) is 12.8. The smallest absolute Gasteiger partial charge is 0.322 e. The van der Waals surface area contributed by atoms with Crippen LogP contribution in [0.4, 0.5) is 4.79 Å². The Morgan fingerprint density at radius 1 is 1.33 bits per heavy atom. The maximum absolute atomic E-state index is 11.5. The molecule has 21 heavy (non-hydrogen) atoms. The number of amides is 5. The number of rotatable bonds is 5. The molecular weight excluding hydrogens is 282 g/mol. The number of likely N-dealkylation sites (N-methyl/N-ethyl adjacent to an activating group) is 1. The standard InChI is InChI=1S/C12H17N3O6/c1-6(4-10(18)19)3-8(16)14-12(21)13-7-5-9(17)15(2)11(7)20/h6-7H,3-5H2,1-2H3,(H,18,19)(H2,13,14,16,21). The molecule has 116 valence electrons. The van der Waals surface area contributed by atoms with Crippen LogP contribution in [-0.2, 0) is 19.2 Å². The monoisotopic (exact) mass is 299 g/mol. The molecule has 2 atom stereocenters. The molecule has 1 aliphatic heterocycles. The van der Waals surface area contributed by atoms with Crippen molar-refractivity contribution in [3.05, 3.63) is 0 Å². The number of carbonyl (C=O) groups excluding carboxylic acids is 4. The van der Waals surface area contributed by atoms with Crippen molar-refractivity contribution in [3.63, 3.8) is 0 Å². The number of nitrogens with one attached hydrogen (secondary N) is 2. The van der Waals surface area contributed by atoms with E-state index < -0.39 is 41.7 Å². The summed E-state index contributed by atoms with van der Waals surface area (Å²) in [6.45, 7) is 1.57. The lowest BCUT2D eigenvalue weighted by molar-refractivity contribution is -0.139. The Balaban J connectivity index is 2.40. The highest BCUT2D eigenvalue weighted by Gasteiger charge is 2.37. The van der Waals surface area contributed by atoms with Crippen molar-refractivity contribution >= 4 is 29.7 Å². The van der Waals surface area contributed by atoms with Gasteiger partial charge in [-0.2, -0.15) is 0 Å². The molecule has 0 bridgehead atoms. The lowest BCUT2D eigenvalue weighted by Gasteiger charge is -2.12. The zero-order valence-electron chi connectivity index (χ0n) is 11.7. The molecule has 9 heteroatoms. The second-order valence-corrected chi connectivity index (χ2v) is 4.98. The fraction of sp³-hybridized carbons (Fsp3) is 0.583. The summed E-state index contributed by atoms with van der Waals surface area (Å²) in [5.41, 5.74) is 0. The predicted molar refractivity (Wildman–Crippen MR) is 68.9 cm³/mol. The Morgan fingerprint density at radius 3 is 2.43 bits per heavy atom. The molecule has 0 aromatic heterocycles. The first-order valence-electron chi connectivity index (χ1n) is 6.33. The van der Waals surface area contributed by atoms with E-state index in [2.05, 4.69) is 5.32 Å². The van der Waals surface area contributed by atoms with Gasteiger partial charge in [-0.1, -0.05) is 6.92 Å². The summed E-state index contributed by atoms with van der Waals surface area (Å²) in [4.78, 5) is 57.2. The van der Waals surface area contributed by atoms with Gasteiger partial charge < -0.3 is 10.4 Å². The summed E-state index contributed by atoms with van der Waals surface area (Å²) in [6.07, 6.45) is -0.459. The Hall–Kier alpha value is -2.45. The molecule has 2 unspecified atom stereocenters. The van der Waals surface area contributed by atoms with Gasteiger partial charge in [-0.25, -0.2) is 4.79 Å². The number of likely N-dealkylation sites (tertiary alicyclic amines) is 1. The first-order chi connectivity index (χ1) is 9.70. The quantitative estimate of drug-likeness (QED) is 0.562. The van der Waals surface area contributed by atoms with Gasteiger partial charge in [-0.15, -0.1) is 0 Å². The molecule has 0 spiro atoms. The van der Waals surface area contributed by atoms with E-state index in [0.717, 1.165) is 4.90 Å². The molecule has 0 aliphatic carbocycles. The second kappa shape index (κ2) is 6.82. The maximum atomic E-state index is 11.5. The average molecular weight is 299 g/mol. The van der Waals surface area contributed by atoms with E-state index in [9.17, 15) is 24.0 Å². The Labute approximate surface area is 120 Å². The number of carboxylic acids is 1. The van der Waals surface area contributed by atoms with E-state index >= 15 is 0 Å². The van der Waals surface area contributed by atoms with Crippen molar-refractivity contribution in [2.45, 2.75) is 32.2 Å². The van der Waals surface area contributed by atoms with Crippen molar-refractivity contribution < 1.29 is 29.1 Å². The van der Waals surface area contributed by atoms with E-state index in [0.29, 0.717) is 0 Å². The molecule has 1 aliphatic rings. The van der Waals surface area contributed by atoms with Crippen LogP contribution in [0.5, 0.6) is 0 Å². The molecule has 5 amide bonds. The van der Waals surface area contributed by atoms with Crippen LogP contribution in [0.25, 0.3) is 0 Å². The molecule has 1 fully saturated rings. The van der Waals surface area contributed by atoms with Crippen LogP contribution >= 0.6 is 0 Å². The zero-order chi connectivity index (χ0) is 16.2. The molecule has 0 radical (unpaired) electrons. The van der Waals surface area contributed by atoms with E-state index in [4.69, 9.17) is 5.11 Å². The van der Waals surface area contributed by atoms with Crippen molar-refractivity contribution in [2.24, 2.45) is 5.92 Å². The average Bonchev–Trinajstić information content (AvgIpc) is 2.55. The molecule has 1 saturated heterocycles. The Kier molecular flexibility index (Phi) is 5.39. The highest BCUT2D eigenvalue weighted by molar-refractivity contribution is 6.07. The van der Waals surface area contributed by atoms with Gasteiger partial charge in [-0.05, 0) is 5.92 Å². The molecule has 9 nitrogen and oxygen atoms in total. The third-order valence-corrected chi connectivity index (χ3v) is 3.00. The number of carboxylic acid groups (broad SMARTS) is 1. The van der Waals surface area contributed by atoms with Gasteiger partial charge in [0, 0.05) is 19.9 Å². The minimum atomic E-state index is -1.03.